The van der Waals surface area contributed by atoms with E-state index in [4.69, 9.17) is 16.3 Å². The third-order valence-corrected chi connectivity index (χ3v) is 3.56. The van der Waals surface area contributed by atoms with Gasteiger partial charge in [0, 0.05) is 18.6 Å². The summed E-state index contributed by atoms with van der Waals surface area (Å²) in [4.78, 5) is 25.5. The lowest BCUT2D eigenvalue weighted by molar-refractivity contribution is -0.162. The Balaban J connectivity index is 2.32. The molecule has 1 saturated heterocycles. The molecule has 1 aliphatic heterocycles. The molecular formula is C14H17ClN2O3. The van der Waals surface area contributed by atoms with Crippen LogP contribution in [0.1, 0.15) is 18.5 Å². The number of benzene rings is 1. The summed E-state index contributed by atoms with van der Waals surface area (Å²) in [6.45, 7) is 2.28. The number of hydrogen-bond donors (Lipinski definition) is 1. The molecule has 20 heavy (non-hydrogen) atoms. The van der Waals surface area contributed by atoms with Crippen molar-refractivity contribution in [3.8, 4) is 0 Å². The average molecular weight is 297 g/mol. The molecular weight excluding hydrogens is 280 g/mol. The minimum absolute atomic E-state index is 0.0810. The molecule has 0 unspecified atom stereocenters. The van der Waals surface area contributed by atoms with Crippen molar-refractivity contribution in [2.75, 3.05) is 20.2 Å². The lowest BCUT2D eigenvalue weighted by Crippen LogP contribution is -2.53. The number of likely N-dealkylation sites (N-methyl/N-ethyl adjacent to an activating group) is 2. The summed E-state index contributed by atoms with van der Waals surface area (Å²) in [6, 6.07) is 6.63. The Morgan fingerprint density at radius 1 is 1.45 bits per heavy atom. The summed E-state index contributed by atoms with van der Waals surface area (Å²) >= 11 is 5.87. The number of carbonyl (C=O) groups is 2. The number of morpholine rings is 1. The van der Waals surface area contributed by atoms with Crippen molar-refractivity contribution < 1.29 is 14.3 Å². The van der Waals surface area contributed by atoms with Crippen molar-refractivity contribution in [1.29, 1.82) is 0 Å². The SMILES string of the molecule is CCNC(=O)[C@H]1OCC(=O)N(C)[C@H]1c1ccc(Cl)cc1. The fraction of sp³-hybridized carbons (Fsp3) is 0.429. The van der Waals surface area contributed by atoms with Crippen LogP contribution in [-0.4, -0.2) is 43.0 Å². The molecule has 2 atom stereocenters. The number of ether oxygens (including phenoxy) is 1. The highest BCUT2D eigenvalue weighted by Gasteiger charge is 2.39. The van der Waals surface area contributed by atoms with Gasteiger partial charge in [0.1, 0.15) is 6.61 Å². The normalized spacial score (nSPS) is 22.8. The first-order valence-electron chi connectivity index (χ1n) is 6.45. The van der Waals surface area contributed by atoms with Gasteiger partial charge in [-0.1, -0.05) is 23.7 Å². The Labute approximate surface area is 122 Å². The van der Waals surface area contributed by atoms with Crippen molar-refractivity contribution in [1.82, 2.24) is 10.2 Å². The van der Waals surface area contributed by atoms with Crippen LogP contribution < -0.4 is 5.32 Å². The fourth-order valence-corrected chi connectivity index (χ4v) is 2.39. The van der Waals surface area contributed by atoms with Crippen molar-refractivity contribution in [3.63, 3.8) is 0 Å². The van der Waals surface area contributed by atoms with Crippen LogP contribution in [0.15, 0.2) is 24.3 Å². The third kappa shape index (κ3) is 2.94. The van der Waals surface area contributed by atoms with Crippen LogP contribution in [-0.2, 0) is 14.3 Å². The second kappa shape index (κ2) is 6.24. The molecule has 1 aromatic rings. The summed E-state index contributed by atoms with van der Waals surface area (Å²) in [5.41, 5.74) is 0.821. The van der Waals surface area contributed by atoms with E-state index in [0.717, 1.165) is 5.56 Å². The van der Waals surface area contributed by atoms with Gasteiger partial charge in [-0.15, -0.1) is 0 Å². The van der Waals surface area contributed by atoms with E-state index in [9.17, 15) is 9.59 Å². The molecule has 1 N–H and O–H groups in total. The topological polar surface area (TPSA) is 58.6 Å². The van der Waals surface area contributed by atoms with Crippen LogP contribution in [0.25, 0.3) is 0 Å². The molecule has 0 aromatic heterocycles. The Bertz CT molecular complexity index is 504. The lowest BCUT2D eigenvalue weighted by atomic mass is 9.97. The summed E-state index contributed by atoms with van der Waals surface area (Å²) in [7, 11) is 1.68. The van der Waals surface area contributed by atoms with Gasteiger partial charge < -0.3 is 15.0 Å². The van der Waals surface area contributed by atoms with E-state index in [1.807, 2.05) is 6.92 Å². The van der Waals surface area contributed by atoms with Gasteiger partial charge in [-0.3, -0.25) is 9.59 Å². The molecule has 0 saturated carbocycles. The first-order chi connectivity index (χ1) is 9.54. The molecule has 0 bridgehead atoms. The maximum atomic E-state index is 12.1. The molecule has 2 amide bonds. The van der Waals surface area contributed by atoms with Gasteiger partial charge in [-0.25, -0.2) is 0 Å². The predicted octanol–water partition coefficient (Wildman–Crippen LogP) is 1.37. The molecule has 0 spiro atoms. The molecule has 6 heteroatoms. The predicted molar refractivity (Wildman–Crippen MR) is 75.4 cm³/mol. The second-order valence-electron chi connectivity index (χ2n) is 4.63. The van der Waals surface area contributed by atoms with Gasteiger partial charge >= 0.3 is 0 Å². The molecule has 0 aliphatic carbocycles. The molecule has 1 fully saturated rings. The minimum Gasteiger partial charge on any atom is -0.356 e. The van der Waals surface area contributed by atoms with E-state index in [1.54, 1.807) is 36.2 Å². The number of nitrogens with zero attached hydrogens (tertiary/aromatic N) is 1. The number of rotatable bonds is 3. The monoisotopic (exact) mass is 296 g/mol. The van der Waals surface area contributed by atoms with E-state index in [2.05, 4.69) is 5.32 Å². The van der Waals surface area contributed by atoms with Crippen molar-refractivity contribution in [2.24, 2.45) is 0 Å². The van der Waals surface area contributed by atoms with Crippen LogP contribution in [0.5, 0.6) is 0 Å². The maximum Gasteiger partial charge on any atom is 0.251 e. The highest BCUT2D eigenvalue weighted by Crippen LogP contribution is 2.29. The highest BCUT2D eigenvalue weighted by atomic mass is 35.5. The van der Waals surface area contributed by atoms with E-state index in [-0.39, 0.29) is 18.4 Å². The van der Waals surface area contributed by atoms with Gasteiger partial charge in [0.25, 0.3) is 5.91 Å². The quantitative estimate of drug-likeness (QED) is 0.916. The van der Waals surface area contributed by atoms with Gasteiger partial charge in [-0.2, -0.15) is 0 Å². The molecule has 1 aliphatic rings. The summed E-state index contributed by atoms with van der Waals surface area (Å²) in [5, 5.41) is 3.34. The number of hydrogen-bond acceptors (Lipinski definition) is 3. The van der Waals surface area contributed by atoms with Crippen LogP contribution >= 0.6 is 11.6 Å². The lowest BCUT2D eigenvalue weighted by Gasteiger charge is -2.38. The van der Waals surface area contributed by atoms with Crippen molar-refractivity contribution in [2.45, 2.75) is 19.1 Å². The standard InChI is InChI=1S/C14H17ClN2O3/c1-3-16-14(19)13-12(17(2)11(18)8-20-13)9-4-6-10(15)7-5-9/h4-7,12-13H,3,8H2,1-2H3,(H,16,19)/t12-,13-/m0/s1. The molecule has 5 nitrogen and oxygen atoms in total. The van der Waals surface area contributed by atoms with E-state index in [1.165, 1.54) is 0 Å². The molecule has 1 aromatic carbocycles. The zero-order chi connectivity index (χ0) is 14.7. The third-order valence-electron chi connectivity index (χ3n) is 3.30. The van der Waals surface area contributed by atoms with Crippen LogP contribution in [0.4, 0.5) is 0 Å². The van der Waals surface area contributed by atoms with Crippen molar-refractivity contribution in [3.05, 3.63) is 34.9 Å². The molecule has 108 valence electrons. The average Bonchev–Trinajstić information content (AvgIpc) is 2.43. The zero-order valence-electron chi connectivity index (χ0n) is 11.4. The Kier molecular flexibility index (Phi) is 4.62. The first-order valence-corrected chi connectivity index (χ1v) is 6.82. The summed E-state index contributed by atoms with van der Waals surface area (Å²) in [6.07, 6.45) is -0.709. The Morgan fingerprint density at radius 3 is 2.70 bits per heavy atom. The molecule has 1 heterocycles. The summed E-state index contributed by atoms with van der Waals surface area (Å²) < 4.78 is 5.44. The van der Waals surface area contributed by atoms with E-state index < -0.39 is 12.1 Å². The number of halogens is 1. The summed E-state index contributed by atoms with van der Waals surface area (Å²) in [5.74, 6) is -0.364. The highest BCUT2D eigenvalue weighted by molar-refractivity contribution is 6.30. The Morgan fingerprint density at radius 2 is 2.10 bits per heavy atom. The van der Waals surface area contributed by atoms with Gasteiger partial charge in [-0.05, 0) is 24.6 Å². The second-order valence-corrected chi connectivity index (χ2v) is 5.06. The number of nitrogens with one attached hydrogen (secondary N) is 1. The van der Waals surface area contributed by atoms with Crippen LogP contribution in [0, 0.1) is 0 Å². The van der Waals surface area contributed by atoms with Gasteiger partial charge in [0.2, 0.25) is 5.91 Å². The fourth-order valence-electron chi connectivity index (χ4n) is 2.26. The zero-order valence-corrected chi connectivity index (χ0v) is 12.2. The molecule has 0 radical (unpaired) electrons. The smallest absolute Gasteiger partial charge is 0.251 e. The van der Waals surface area contributed by atoms with Crippen LogP contribution in [0.2, 0.25) is 5.02 Å². The minimum atomic E-state index is -0.709. The number of amides is 2. The van der Waals surface area contributed by atoms with Crippen molar-refractivity contribution >= 4 is 23.4 Å². The van der Waals surface area contributed by atoms with Crippen LogP contribution in [0.3, 0.4) is 0 Å². The first kappa shape index (κ1) is 14.8. The largest absolute Gasteiger partial charge is 0.356 e. The Hall–Kier alpha value is -1.59. The number of carbonyl (C=O) groups excluding carboxylic acids is 2. The van der Waals surface area contributed by atoms with Gasteiger partial charge in [0.15, 0.2) is 6.10 Å². The van der Waals surface area contributed by atoms with Gasteiger partial charge in [0.05, 0.1) is 6.04 Å². The molecule has 2 rings (SSSR count). The van der Waals surface area contributed by atoms with E-state index in [0.29, 0.717) is 11.6 Å². The maximum absolute atomic E-state index is 12.1. The van der Waals surface area contributed by atoms with E-state index >= 15 is 0 Å².